The lowest BCUT2D eigenvalue weighted by atomic mass is 9.86. The largest absolute Gasteiger partial charge is 0.357 e. The van der Waals surface area contributed by atoms with Crippen molar-refractivity contribution in [2.75, 3.05) is 19.6 Å². The Balaban J connectivity index is 0.00000312. The highest BCUT2D eigenvalue weighted by Crippen LogP contribution is 2.27. The third-order valence-electron chi connectivity index (χ3n) is 4.77. The van der Waals surface area contributed by atoms with Gasteiger partial charge in [0.2, 0.25) is 0 Å². The Labute approximate surface area is 169 Å². The van der Waals surface area contributed by atoms with E-state index in [1.165, 1.54) is 44.9 Å². The van der Waals surface area contributed by atoms with Crippen molar-refractivity contribution in [3.63, 3.8) is 0 Å². The van der Waals surface area contributed by atoms with E-state index in [-0.39, 0.29) is 24.0 Å². The zero-order chi connectivity index (χ0) is 17.0. The first-order chi connectivity index (χ1) is 11.8. The van der Waals surface area contributed by atoms with Gasteiger partial charge in [-0.05, 0) is 25.7 Å². The highest BCUT2D eigenvalue weighted by molar-refractivity contribution is 14.0. The van der Waals surface area contributed by atoms with Crippen molar-refractivity contribution in [2.45, 2.75) is 71.8 Å². The summed E-state index contributed by atoms with van der Waals surface area (Å²) in [6.07, 6.45) is 12.4. The van der Waals surface area contributed by atoms with Gasteiger partial charge in [-0.3, -0.25) is 4.99 Å². The SMILES string of the molecule is CCNC(=NCCCC1CCCCC1)NCCn1cnnc1CC.I. The number of hydrogen-bond acceptors (Lipinski definition) is 3. The zero-order valence-corrected chi connectivity index (χ0v) is 18.2. The summed E-state index contributed by atoms with van der Waals surface area (Å²) < 4.78 is 2.10. The molecule has 1 fully saturated rings. The summed E-state index contributed by atoms with van der Waals surface area (Å²) in [5.74, 6) is 2.91. The molecule has 25 heavy (non-hydrogen) atoms. The van der Waals surface area contributed by atoms with Crippen molar-refractivity contribution < 1.29 is 0 Å². The lowest BCUT2D eigenvalue weighted by Gasteiger charge is -2.20. The quantitative estimate of drug-likeness (QED) is 0.256. The second kappa shape index (κ2) is 13.4. The van der Waals surface area contributed by atoms with E-state index >= 15 is 0 Å². The molecule has 0 bridgehead atoms. The van der Waals surface area contributed by atoms with Gasteiger partial charge >= 0.3 is 0 Å². The van der Waals surface area contributed by atoms with Crippen LogP contribution in [0.2, 0.25) is 0 Å². The lowest BCUT2D eigenvalue weighted by molar-refractivity contribution is 0.334. The van der Waals surface area contributed by atoms with Crippen LogP contribution in [0.1, 0.15) is 64.6 Å². The molecule has 0 spiro atoms. The van der Waals surface area contributed by atoms with Crippen LogP contribution in [0.3, 0.4) is 0 Å². The molecule has 144 valence electrons. The summed E-state index contributed by atoms with van der Waals surface area (Å²) in [6.45, 7) is 7.71. The standard InChI is InChI=1S/C18H34N6.HI/c1-3-17-23-22-15-24(17)14-13-21-18(19-4-2)20-12-8-11-16-9-6-5-7-10-16;/h15-16H,3-14H2,1-2H3,(H2,19,20,21);1H. The van der Waals surface area contributed by atoms with Crippen LogP contribution in [0.5, 0.6) is 0 Å². The first kappa shape index (κ1) is 22.2. The van der Waals surface area contributed by atoms with Gasteiger partial charge in [0.05, 0.1) is 0 Å². The molecule has 6 nitrogen and oxygen atoms in total. The molecule has 0 radical (unpaired) electrons. The van der Waals surface area contributed by atoms with E-state index in [0.29, 0.717) is 0 Å². The van der Waals surface area contributed by atoms with Crippen molar-refractivity contribution in [3.8, 4) is 0 Å². The minimum Gasteiger partial charge on any atom is -0.357 e. The van der Waals surface area contributed by atoms with E-state index in [1.807, 2.05) is 0 Å². The Bertz CT molecular complexity index is 482. The maximum Gasteiger partial charge on any atom is 0.191 e. The molecule has 2 N–H and O–H groups in total. The van der Waals surface area contributed by atoms with E-state index in [1.54, 1.807) is 6.33 Å². The highest BCUT2D eigenvalue weighted by atomic mass is 127. The van der Waals surface area contributed by atoms with Crippen LogP contribution in [0, 0.1) is 5.92 Å². The number of aliphatic imine (C=N–C) groups is 1. The van der Waals surface area contributed by atoms with Crippen LogP contribution in [-0.2, 0) is 13.0 Å². The van der Waals surface area contributed by atoms with Crippen LogP contribution < -0.4 is 10.6 Å². The van der Waals surface area contributed by atoms with Crippen LogP contribution in [0.15, 0.2) is 11.3 Å². The van der Waals surface area contributed by atoms with Crippen LogP contribution in [-0.4, -0.2) is 40.4 Å². The number of nitrogens with zero attached hydrogens (tertiary/aromatic N) is 4. The van der Waals surface area contributed by atoms with E-state index in [4.69, 9.17) is 4.99 Å². The molecule has 0 aliphatic heterocycles. The predicted octanol–water partition coefficient (Wildman–Crippen LogP) is 3.37. The molecule has 0 amide bonds. The Morgan fingerprint density at radius 3 is 2.76 bits per heavy atom. The normalized spacial score (nSPS) is 15.7. The lowest BCUT2D eigenvalue weighted by Crippen LogP contribution is -2.39. The highest BCUT2D eigenvalue weighted by Gasteiger charge is 2.12. The molecule has 1 aromatic rings. The number of halogens is 1. The molecule has 1 aliphatic carbocycles. The van der Waals surface area contributed by atoms with E-state index < -0.39 is 0 Å². The van der Waals surface area contributed by atoms with Gasteiger partial charge in [-0.15, -0.1) is 34.2 Å². The first-order valence-corrected chi connectivity index (χ1v) is 9.72. The van der Waals surface area contributed by atoms with Gasteiger partial charge < -0.3 is 15.2 Å². The van der Waals surface area contributed by atoms with Crippen LogP contribution >= 0.6 is 24.0 Å². The number of guanidine groups is 1. The fourth-order valence-corrected chi connectivity index (χ4v) is 3.42. The van der Waals surface area contributed by atoms with Crippen molar-refractivity contribution >= 4 is 29.9 Å². The Morgan fingerprint density at radius 2 is 2.04 bits per heavy atom. The average molecular weight is 462 g/mol. The van der Waals surface area contributed by atoms with E-state index in [0.717, 1.165) is 50.3 Å². The maximum absolute atomic E-state index is 4.71. The van der Waals surface area contributed by atoms with Gasteiger partial charge in [0, 0.05) is 32.6 Å². The molecular formula is C18H35IN6. The third-order valence-corrected chi connectivity index (χ3v) is 4.77. The van der Waals surface area contributed by atoms with Gasteiger partial charge in [-0.25, -0.2) is 0 Å². The van der Waals surface area contributed by atoms with Gasteiger partial charge in [0.25, 0.3) is 0 Å². The molecule has 1 aliphatic rings. The molecule has 1 saturated carbocycles. The molecule has 7 heteroatoms. The Morgan fingerprint density at radius 1 is 1.24 bits per heavy atom. The number of rotatable bonds is 9. The van der Waals surface area contributed by atoms with Crippen molar-refractivity contribution in [2.24, 2.45) is 10.9 Å². The van der Waals surface area contributed by atoms with Gasteiger partial charge in [-0.2, -0.15) is 0 Å². The summed E-state index contributed by atoms with van der Waals surface area (Å²) in [4.78, 5) is 4.71. The zero-order valence-electron chi connectivity index (χ0n) is 15.8. The summed E-state index contributed by atoms with van der Waals surface area (Å²) >= 11 is 0. The van der Waals surface area contributed by atoms with Crippen molar-refractivity contribution in [1.29, 1.82) is 0 Å². The molecule has 0 atom stereocenters. The van der Waals surface area contributed by atoms with Crippen molar-refractivity contribution in [3.05, 3.63) is 12.2 Å². The number of hydrogen-bond donors (Lipinski definition) is 2. The number of nitrogens with one attached hydrogen (secondary N) is 2. The van der Waals surface area contributed by atoms with Crippen LogP contribution in [0.4, 0.5) is 0 Å². The predicted molar refractivity (Wildman–Crippen MR) is 115 cm³/mol. The summed E-state index contributed by atoms with van der Waals surface area (Å²) in [5.41, 5.74) is 0. The molecule has 2 rings (SSSR count). The molecular weight excluding hydrogens is 427 g/mol. The summed E-state index contributed by atoms with van der Waals surface area (Å²) in [6, 6.07) is 0. The third kappa shape index (κ3) is 8.37. The maximum atomic E-state index is 4.71. The van der Waals surface area contributed by atoms with E-state index in [2.05, 4.69) is 39.2 Å². The molecule has 1 heterocycles. The molecule has 0 unspecified atom stereocenters. The van der Waals surface area contributed by atoms with Gasteiger partial charge in [0.15, 0.2) is 5.96 Å². The minimum absolute atomic E-state index is 0. The second-order valence-electron chi connectivity index (χ2n) is 6.63. The second-order valence-corrected chi connectivity index (χ2v) is 6.63. The average Bonchev–Trinajstić information content (AvgIpc) is 3.07. The first-order valence-electron chi connectivity index (χ1n) is 9.72. The molecule has 0 saturated heterocycles. The van der Waals surface area contributed by atoms with Crippen molar-refractivity contribution in [1.82, 2.24) is 25.4 Å². The number of aromatic nitrogens is 3. The van der Waals surface area contributed by atoms with Gasteiger partial charge in [-0.1, -0.05) is 39.0 Å². The Hall–Kier alpha value is -0.860. The fraction of sp³-hybridized carbons (Fsp3) is 0.833. The summed E-state index contributed by atoms with van der Waals surface area (Å²) in [5, 5.41) is 14.8. The Kier molecular flexibility index (Phi) is 11.9. The minimum atomic E-state index is 0. The van der Waals surface area contributed by atoms with Crippen LogP contribution in [0.25, 0.3) is 0 Å². The molecule has 0 aromatic carbocycles. The monoisotopic (exact) mass is 462 g/mol. The molecule has 1 aromatic heterocycles. The fourth-order valence-electron chi connectivity index (χ4n) is 3.42. The van der Waals surface area contributed by atoms with E-state index in [9.17, 15) is 0 Å². The van der Waals surface area contributed by atoms with Gasteiger partial charge in [0.1, 0.15) is 12.2 Å². The summed E-state index contributed by atoms with van der Waals surface area (Å²) in [7, 11) is 0. The topological polar surface area (TPSA) is 67.1 Å². The number of aryl methyl sites for hydroxylation is 1. The smallest absolute Gasteiger partial charge is 0.191 e.